The van der Waals surface area contributed by atoms with Crippen molar-refractivity contribution < 1.29 is 5.11 Å². The Bertz CT molecular complexity index is 750. The van der Waals surface area contributed by atoms with Crippen LogP contribution in [-0.4, -0.2) is 14.7 Å². The number of anilines is 1. The number of aromatic nitrogens is 2. The van der Waals surface area contributed by atoms with E-state index in [9.17, 15) is 5.11 Å². The average molecular weight is 308 g/mol. The van der Waals surface area contributed by atoms with Crippen LogP contribution in [0.25, 0.3) is 11.0 Å². The highest BCUT2D eigenvalue weighted by Gasteiger charge is 2.10. The molecule has 0 saturated carbocycles. The van der Waals surface area contributed by atoms with Crippen LogP contribution in [0.4, 0.5) is 5.69 Å². The molecule has 4 nitrogen and oxygen atoms in total. The van der Waals surface area contributed by atoms with E-state index in [4.69, 9.17) is 17.3 Å². The summed E-state index contributed by atoms with van der Waals surface area (Å²) in [5.74, 6) is 0.660. The second-order valence-electron chi connectivity index (χ2n) is 4.54. The number of benzene rings is 1. The Morgan fingerprint density at radius 1 is 1.30 bits per heavy atom. The Kier molecular flexibility index (Phi) is 3.65. The molecule has 3 aromatic rings. The number of halogens is 1. The number of nitrogens with zero attached hydrogens (tertiary/aromatic N) is 2. The van der Waals surface area contributed by atoms with Crippen molar-refractivity contribution in [2.24, 2.45) is 0 Å². The van der Waals surface area contributed by atoms with E-state index in [0.717, 1.165) is 28.3 Å². The Balaban J connectivity index is 1.93. The fraction of sp³-hybridized carbons (Fsp3) is 0.214. The molecule has 0 unspecified atom stereocenters. The van der Waals surface area contributed by atoms with Gasteiger partial charge in [0.15, 0.2) is 0 Å². The summed E-state index contributed by atoms with van der Waals surface area (Å²) in [6.07, 6.45) is 0.861. The van der Waals surface area contributed by atoms with Crippen molar-refractivity contribution >= 4 is 39.7 Å². The van der Waals surface area contributed by atoms with Gasteiger partial charge in [-0.2, -0.15) is 0 Å². The summed E-state index contributed by atoms with van der Waals surface area (Å²) in [6, 6.07) is 9.55. The largest absolute Gasteiger partial charge is 0.399 e. The fourth-order valence-electron chi connectivity index (χ4n) is 2.28. The summed E-state index contributed by atoms with van der Waals surface area (Å²) in [5.41, 5.74) is 8.25. The highest BCUT2D eigenvalue weighted by atomic mass is 35.5. The predicted molar refractivity (Wildman–Crippen MR) is 83.1 cm³/mol. The first-order valence-electron chi connectivity index (χ1n) is 6.27. The maximum atomic E-state index is 9.46. The summed E-state index contributed by atoms with van der Waals surface area (Å²) < 4.78 is 2.83. The van der Waals surface area contributed by atoms with E-state index >= 15 is 0 Å². The van der Waals surface area contributed by atoms with Crippen LogP contribution in [0.5, 0.6) is 0 Å². The standard InChI is InChI=1S/C14H14ClN3OS/c15-13-4-2-10(20-13)5-6-18-12-3-1-9(16)7-11(12)17-14(18)8-19/h1-4,7,19H,5-6,8,16H2. The Labute approximate surface area is 125 Å². The van der Waals surface area contributed by atoms with Crippen LogP contribution in [0, 0.1) is 0 Å². The number of hydrogen-bond acceptors (Lipinski definition) is 4. The van der Waals surface area contributed by atoms with Crippen molar-refractivity contribution in [3.05, 3.63) is 45.4 Å². The van der Waals surface area contributed by atoms with Crippen LogP contribution >= 0.6 is 22.9 Å². The van der Waals surface area contributed by atoms with Gasteiger partial charge in [-0.15, -0.1) is 11.3 Å². The molecule has 0 atom stereocenters. The van der Waals surface area contributed by atoms with E-state index in [0.29, 0.717) is 11.5 Å². The Morgan fingerprint density at radius 2 is 2.15 bits per heavy atom. The molecule has 0 amide bonds. The van der Waals surface area contributed by atoms with E-state index in [1.807, 2.05) is 34.9 Å². The predicted octanol–water partition coefficient (Wildman–Crippen LogP) is 3.07. The topological polar surface area (TPSA) is 64.1 Å². The molecular formula is C14H14ClN3OS. The molecule has 0 bridgehead atoms. The number of nitrogens with two attached hydrogens (primary N) is 1. The number of aliphatic hydroxyl groups is 1. The minimum Gasteiger partial charge on any atom is -0.399 e. The summed E-state index contributed by atoms with van der Waals surface area (Å²) in [7, 11) is 0. The third-order valence-electron chi connectivity index (χ3n) is 3.20. The zero-order valence-electron chi connectivity index (χ0n) is 10.7. The first-order valence-corrected chi connectivity index (χ1v) is 7.46. The number of imidazole rings is 1. The smallest absolute Gasteiger partial charge is 0.135 e. The number of fused-ring (bicyclic) bond motifs is 1. The number of thiophene rings is 1. The van der Waals surface area contributed by atoms with Crippen LogP contribution in [-0.2, 0) is 19.6 Å². The third-order valence-corrected chi connectivity index (χ3v) is 4.49. The number of aliphatic hydroxyl groups excluding tert-OH is 1. The first kappa shape index (κ1) is 13.4. The zero-order chi connectivity index (χ0) is 14.1. The molecule has 2 aromatic heterocycles. The SMILES string of the molecule is Nc1ccc2c(c1)nc(CO)n2CCc1ccc(Cl)s1. The van der Waals surface area contributed by atoms with Crippen molar-refractivity contribution in [1.82, 2.24) is 9.55 Å². The van der Waals surface area contributed by atoms with Crippen molar-refractivity contribution in [2.45, 2.75) is 19.6 Å². The molecule has 104 valence electrons. The van der Waals surface area contributed by atoms with Gasteiger partial charge in [-0.1, -0.05) is 11.6 Å². The van der Waals surface area contributed by atoms with Gasteiger partial charge in [-0.3, -0.25) is 0 Å². The van der Waals surface area contributed by atoms with E-state index in [1.165, 1.54) is 4.88 Å². The summed E-state index contributed by atoms with van der Waals surface area (Å²) >= 11 is 7.52. The van der Waals surface area contributed by atoms with Crippen molar-refractivity contribution in [3.8, 4) is 0 Å². The Morgan fingerprint density at radius 3 is 2.85 bits per heavy atom. The minimum absolute atomic E-state index is 0.0836. The molecule has 0 fully saturated rings. The fourth-order valence-corrected chi connectivity index (χ4v) is 3.35. The maximum Gasteiger partial charge on any atom is 0.135 e. The van der Waals surface area contributed by atoms with Crippen LogP contribution in [0.1, 0.15) is 10.7 Å². The molecule has 1 aromatic carbocycles. The van der Waals surface area contributed by atoms with Crippen LogP contribution in [0.15, 0.2) is 30.3 Å². The van der Waals surface area contributed by atoms with E-state index < -0.39 is 0 Å². The second-order valence-corrected chi connectivity index (χ2v) is 6.34. The van der Waals surface area contributed by atoms with E-state index in [1.54, 1.807) is 11.3 Å². The lowest BCUT2D eigenvalue weighted by Crippen LogP contribution is -2.05. The Hall–Kier alpha value is -1.56. The lowest BCUT2D eigenvalue weighted by Gasteiger charge is -2.06. The monoisotopic (exact) mass is 307 g/mol. The normalized spacial score (nSPS) is 11.3. The van der Waals surface area contributed by atoms with Gasteiger partial charge < -0.3 is 15.4 Å². The number of aryl methyl sites for hydroxylation is 2. The molecule has 3 N–H and O–H groups in total. The molecule has 0 aliphatic rings. The number of hydrogen-bond donors (Lipinski definition) is 2. The average Bonchev–Trinajstić information content (AvgIpc) is 2.99. The van der Waals surface area contributed by atoms with Crippen molar-refractivity contribution in [3.63, 3.8) is 0 Å². The van der Waals surface area contributed by atoms with E-state index in [2.05, 4.69) is 4.98 Å². The highest BCUT2D eigenvalue weighted by molar-refractivity contribution is 7.16. The van der Waals surface area contributed by atoms with Gasteiger partial charge in [0.25, 0.3) is 0 Å². The number of nitrogen functional groups attached to an aromatic ring is 1. The van der Waals surface area contributed by atoms with Gasteiger partial charge in [-0.25, -0.2) is 4.98 Å². The molecule has 0 radical (unpaired) electrons. The molecule has 6 heteroatoms. The van der Waals surface area contributed by atoms with Crippen LogP contribution < -0.4 is 5.73 Å². The maximum absolute atomic E-state index is 9.46. The van der Waals surface area contributed by atoms with Gasteiger partial charge in [-0.05, 0) is 36.8 Å². The van der Waals surface area contributed by atoms with Crippen molar-refractivity contribution in [1.29, 1.82) is 0 Å². The van der Waals surface area contributed by atoms with Gasteiger partial charge in [0, 0.05) is 17.1 Å². The molecular weight excluding hydrogens is 294 g/mol. The summed E-state index contributed by atoms with van der Waals surface area (Å²) in [5, 5.41) is 9.46. The lowest BCUT2D eigenvalue weighted by atomic mass is 10.2. The second kappa shape index (κ2) is 5.44. The highest BCUT2D eigenvalue weighted by Crippen LogP contribution is 2.24. The molecule has 0 aliphatic carbocycles. The van der Waals surface area contributed by atoms with Gasteiger partial charge >= 0.3 is 0 Å². The van der Waals surface area contributed by atoms with Gasteiger partial charge in [0.1, 0.15) is 12.4 Å². The van der Waals surface area contributed by atoms with E-state index in [-0.39, 0.29) is 6.61 Å². The molecule has 0 spiro atoms. The van der Waals surface area contributed by atoms with Crippen molar-refractivity contribution in [2.75, 3.05) is 5.73 Å². The first-order chi connectivity index (χ1) is 9.67. The molecule has 0 aliphatic heterocycles. The minimum atomic E-state index is -0.0836. The molecule has 20 heavy (non-hydrogen) atoms. The zero-order valence-corrected chi connectivity index (χ0v) is 12.3. The summed E-state index contributed by atoms with van der Waals surface area (Å²) in [4.78, 5) is 5.64. The molecule has 2 heterocycles. The molecule has 3 rings (SSSR count). The number of rotatable bonds is 4. The van der Waals surface area contributed by atoms with Crippen LogP contribution in [0.2, 0.25) is 4.34 Å². The third kappa shape index (κ3) is 2.52. The van der Waals surface area contributed by atoms with Crippen LogP contribution in [0.3, 0.4) is 0 Å². The van der Waals surface area contributed by atoms with Gasteiger partial charge in [0.2, 0.25) is 0 Å². The lowest BCUT2D eigenvalue weighted by molar-refractivity contribution is 0.266. The quantitative estimate of drug-likeness (QED) is 0.728. The summed E-state index contributed by atoms with van der Waals surface area (Å²) in [6.45, 7) is 0.674. The molecule has 0 saturated heterocycles. The van der Waals surface area contributed by atoms with Gasteiger partial charge in [0.05, 0.1) is 15.4 Å².